The molecule has 0 heterocycles. The van der Waals surface area contributed by atoms with E-state index in [4.69, 9.17) is 10.6 Å². The fraction of sp³-hybridized carbons (Fsp3) is 0.409. The van der Waals surface area contributed by atoms with Crippen LogP contribution in [0.1, 0.15) is 32.8 Å². The predicted molar refractivity (Wildman–Crippen MR) is 115 cm³/mol. The molecule has 2 atom stereocenters. The predicted octanol–water partition coefficient (Wildman–Crippen LogP) is 1.38. The molecule has 0 aliphatic heterocycles. The second kappa shape index (κ2) is 11.3. The van der Waals surface area contributed by atoms with E-state index in [2.05, 4.69) is 16.1 Å². The molecular weight excluding hydrogens is 384 g/mol. The molecule has 0 aliphatic carbocycles. The van der Waals surface area contributed by atoms with Gasteiger partial charge in [-0.1, -0.05) is 56.3 Å². The van der Waals surface area contributed by atoms with Gasteiger partial charge in [-0.2, -0.15) is 0 Å². The summed E-state index contributed by atoms with van der Waals surface area (Å²) in [6.45, 7) is 6.15. The van der Waals surface area contributed by atoms with Crippen molar-refractivity contribution in [3.63, 3.8) is 0 Å². The summed E-state index contributed by atoms with van der Waals surface area (Å²) in [5.41, 5.74) is 9.00. The highest BCUT2D eigenvalue weighted by molar-refractivity contribution is 5.92. The summed E-state index contributed by atoms with van der Waals surface area (Å²) in [5, 5.41) is 7.51. The lowest BCUT2D eigenvalue weighted by atomic mass is 10.0. The van der Waals surface area contributed by atoms with Crippen LogP contribution in [0.15, 0.2) is 42.5 Å². The SMILES string of the molecule is CC(C)CONC(=O)CC(N)C(=O)NC(C)C(=O)NCc1cccc2ccccc12. The quantitative estimate of drug-likeness (QED) is 0.438. The number of amides is 3. The van der Waals surface area contributed by atoms with E-state index in [9.17, 15) is 14.4 Å². The second-order valence-corrected chi connectivity index (χ2v) is 7.63. The van der Waals surface area contributed by atoms with Gasteiger partial charge in [-0.15, -0.1) is 0 Å². The van der Waals surface area contributed by atoms with Gasteiger partial charge >= 0.3 is 0 Å². The molecule has 0 aromatic heterocycles. The zero-order valence-corrected chi connectivity index (χ0v) is 17.6. The van der Waals surface area contributed by atoms with E-state index < -0.39 is 23.9 Å². The van der Waals surface area contributed by atoms with Gasteiger partial charge in [-0.25, -0.2) is 5.48 Å². The molecule has 0 aliphatic rings. The Kier molecular flexibility index (Phi) is 8.76. The number of hydrogen-bond donors (Lipinski definition) is 4. The van der Waals surface area contributed by atoms with Gasteiger partial charge in [-0.3, -0.25) is 19.2 Å². The van der Waals surface area contributed by atoms with Gasteiger partial charge in [0.05, 0.1) is 19.1 Å². The average Bonchev–Trinajstić information content (AvgIpc) is 2.71. The van der Waals surface area contributed by atoms with Crippen LogP contribution in [0.25, 0.3) is 10.8 Å². The lowest BCUT2D eigenvalue weighted by Crippen LogP contribution is -2.51. The molecule has 8 nitrogen and oxygen atoms in total. The Labute approximate surface area is 176 Å². The Morgan fingerprint density at radius 1 is 1.00 bits per heavy atom. The van der Waals surface area contributed by atoms with Crippen molar-refractivity contribution >= 4 is 28.5 Å². The molecule has 0 spiro atoms. The molecule has 2 aromatic carbocycles. The standard InChI is InChI=1S/C22H30N4O4/c1-14(2)13-30-26-20(27)11-19(23)22(29)25-15(3)21(28)24-12-17-9-6-8-16-7-4-5-10-18(16)17/h4-10,14-15,19H,11-13,23H2,1-3H3,(H,24,28)(H,25,29)(H,26,27). The Hall–Kier alpha value is -2.97. The number of nitrogens with two attached hydrogens (primary N) is 1. The van der Waals surface area contributed by atoms with Crippen LogP contribution in [0, 0.1) is 5.92 Å². The minimum absolute atomic E-state index is 0.242. The largest absolute Gasteiger partial charge is 0.350 e. The number of hydroxylamine groups is 1. The third-order valence-corrected chi connectivity index (χ3v) is 4.43. The maximum atomic E-state index is 12.4. The number of fused-ring (bicyclic) bond motifs is 1. The zero-order valence-electron chi connectivity index (χ0n) is 17.6. The molecule has 0 saturated heterocycles. The Balaban J connectivity index is 1.80. The highest BCUT2D eigenvalue weighted by Crippen LogP contribution is 2.18. The summed E-state index contributed by atoms with van der Waals surface area (Å²) in [6, 6.07) is 11.9. The van der Waals surface area contributed by atoms with Crippen molar-refractivity contribution in [3.8, 4) is 0 Å². The first-order chi connectivity index (χ1) is 14.3. The molecule has 0 saturated carbocycles. The van der Waals surface area contributed by atoms with Crippen LogP contribution >= 0.6 is 0 Å². The molecule has 0 fully saturated rings. The highest BCUT2D eigenvalue weighted by atomic mass is 16.6. The van der Waals surface area contributed by atoms with Gasteiger partial charge in [0.25, 0.3) is 0 Å². The Morgan fingerprint density at radius 2 is 1.70 bits per heavy atom. The lowest BCUT2D eigenvalue weighted by Gasteiger charge is -2.18. The summed E-state index contributed by atoms with van der Waals surface area (Å²) in [4.78, 5) is 41.3. The topological polar surface area (TPSA) is 123 Å². The molecule has 0 bridgehead atoms. The van der Waals surface area contributed by atoms with Crippen molar-refractivity contribution in [2.24, 2.45) is 11.7 Å². The number of benzene rings is 2. The van der Waals surface area contributed by atoms with Gasteiger partial charge in [0, 0.05) is 6.54 Å². The summed E-state index contributed by atoms with van der Waals surface area (Å²) in [5.74, 6) is -1.16. The minimum Gasteiger partial charge on any atom is -0.350 e. The average molecular weight is 415 g/mol. The first-order valence-electron chi connectivity index (χ1n) is 9.99. The number of carbonyl (C=O) groups excluding carboxylic acids is 3. The summed E-state index contributed by atoms with van der Waals surface area (Å²) >= 11 is 0. The lowest BCUT2D eigenvalue weighted by molar-refractivity contribution is -0.137. The van der Waals surface area contributed by atoms with Crippen LogP contribution in [-0.2, 0) is 25.8 Å². The molecule has 5 N–H and O–H groups in total. The van der Waals surface area contributed by atoms with Crippen molar-refractivity contribution in [3.05, 3.63) is 48.0 Å². The van der Waals surface area contributed by atoms with Crippen LogP contribution in [0.2, 0.25) is 0 Å². The third kappa shape index (κ3) is 7.13. The van der Waals surface area contributed by atoms with Crippen LogP contribution in [0.3, 0.4) is 0 Å². The summed E-state index contributed by atoms with van der Waals surface area (Å²) in [6.07, 6.45) is -0.242. The van der Waals surface area contributed by atoms with Crippen LogP contribution < -0.4 is 21.8 Å². The van der Waals surface area contributed by atoms with Gasteiger partial charge in [0.1, 0.15) is 6.04 Å². The molecule has 2 unspecified atom stereocenters. The molecule has 8 heteroatoms. The molecule has 3 amide bonds. The molecule has 30 heavy (non-hydrogen) atoms. The smallest absolute Gasteiger partial charge is 0.245 e. The number of rotatable bonds is 10. The molecule has 162 valence electrons. The van der Waals surface area contributed by atoms with Crippen LogP contribution in [-0.4, -0.2) is 36.4 Å². The van der Waals surface area contributed by atoms with Gasteiger partial charge in [0.15, 0.2) is 0 Å². The first-order valence-corrected chi connectivity index (χ1v) is 9.99. The third-order valence-electron chi connectivity index (χ3n) is 4.43. The zero-order chi connectivity index (χ0) is 22.1. The molecular formula is C22H30N4O4. The fourth-order valence-electron chi connectivity index (χ4n) is 2.79. The minimum atomic E-state index is -1.08. The van der Waals surface area contributed by atoms with E-state index in [1.807, 2.05) is 56.3 Å². The fourth-order valence-corrected chi connectivity index (χ4v) is 2.79. The maximum Gasteiger partial charge on any atom is 0.245 e. The van der Waals surface area contributed by atoms with Crippen LogP contribution in [0.5, 0.6) is 0 Å². The van der Waals surface area contributed by atoms with E-state index in [0.717, 1.165) is 16.3 Å². The normalized spacial score (nSPS) is 13.0. The van der Waals surface area contributed by atoms with E-state index in [0.29, 0.717) is 13.2 Å². The summed E-state index contributed by atoms with van der Waals surface area (Å²) < 4.78 is 0. The first kappa shape index (κ1) is 23.3. The second-order valence-electron chi connectivity index (χ2n) is 7.63. The van der Waals surface area contributed by atoms with E-state index >= 15 is 0 Å². The molecule has 2 aromatic rings. The Bertz CT molecular complexity index is 879. The van der Waals surface area contributed by atoms with E-state index in [1.165, 1.54) is 0 Å². The van der Waals surface area contributed by atoms with Crippen molar-refractivity contribution in [2.75, 3.05) is 6.61 Å². The molecule has 0 radical (unpaired) electrons. The monoisotopic (exact) mass is 414 g/mol. The highest BCUT2D eigenvalue weighted by Gasteiger charge is 2.22. The van der Waals surface area contributed by atoms with Gasteiger partial charge in [0.2, 0.25) is 17.7 Å². The number of nitrogens with one attached hydrogen (secondary N) is 3. The van der Waals surface area contributed by atoms with Crippen molar-refractivity contribution < 1.29 is 19.2 Å². The number of carbonyl (C=O) groups is 3. The van der Waals surface area contributed by atoms with Gasteiger partial charge < -0.3 is 16.4 Å². The van der Waals surface area contributed by atoms with E-state index in [1.54, 1.807) is 6.92 Å². The van der Waals surface area contributed by atoms with Gasteiger partial charge in [-0.05, 0) is 29.2 Å². The van der Waals surface area contributed by atoms with E-state index in [-0.39, 0.29) is 18.2 Å². The van der Waals surface area contributed by atoms with Crippen LogP contribution in [0.4, 0.5) is 0 Å². The molecule has 2 rings (SSSR count). The van der Waals surface area contributed by atoms with Crippen molar-refractivity contribution in [1.29, 1.82) is 0 Å². The maximum absolute atomic E-state index is 12.4. The Morgan fingerprint density at radius 3 is 2.43 bits per heavy atom. The van der Waals surface area contributed by atoms with Crippen molar-refractivity contribution in [1.82, 2.24) is 16.1 Å². The summed E-state index contributed by atoms with van der Waals surface area (Å²) in [7, 11) is 0. The number of hydrogen-bond acceptors (Lipinski definition) is 5. The van der Waals surface area contributed by atoms with Crippen molar-refractivity contribution in [2.45, 2.75) is 45.8 Å².